The van der Waals surface area contributed by atoms with Crippen molar-refractivity contribution in [3.8, 4) is 0 Å². The van der Waals surface area contributed by atoms with Gasteiger partial charge in [-0.1, -0.05) is 0 Å². The van der Waals surface area contributed by atoms with Gasteiger partial charge in [0.1, 0.15) is 12.9 Å². The maximum Gasteiger partial charge on any atom is 0.508 e. The van der Waals surface area contributed by atoms with Gasteiger partial charge in [0.05, 0.1) is 18.3 Å². The molecule has 0 aromatic heterocycles. The predicted octanol–water partition coefficient (Wildman–Crippen LogP) is 1.54. The summed E-state index contributed by atoms with van der Waals surface area (Å²) in [4.78, 5) is 22.2. The third-order valence-corrected chi connectivity index (χ3v) is 3.37. The van der Waals surface area contributed by atoms with Crippen molar-refractivity contribution < 1.29 is 23.8 Å². The first-order valence-electron chi connectivity index (χ1n) is 6.06. The number of fused-ring (bicyclic) bond motifs is 2. The number of carbonyl (C=O) groups is 2. The molecule has 17 heavy (non-hydrogen) atoms. The normalized spacial score (nSPS) is 35.0. The van der Waals surface area contributed by atoms with Gasteiger partial charge in [-0.25, -0.2) is 4.79 Å². The molecule has 2 bridgehead atoms. The molecule has 96 valence electrons. The monoisotopic (exact) mass is 242 g/mol. The molecule has 0 radical (unpaired) electrons. The van der Waals surface area contributed by atoms with Gasteiger partial charge in [-0.05, 0) is 26.7 Å². The molecule has 0 N–H and O–H groups in total. The smallest absolute Gasteiger partial charge is 0.434 e. The quantitative estimate of drug-likeness (QED) is 0.552. The lowest BCUT2D eigenvalue weighted by Gasteiger charge is -2.23. The van der Waals surface area contributed by atoms with E-state index in [2.05, 4.69) is 0 Å². The molecule has 0 amide bonds. The van der Waals surface area contributed by atoms with E-state index in [9.17, 15) is 9.59 Å². The highest BCUT2D eigenvalue weighted by molar-refractivity contribution is 5.60. The Labute approximate surface area is 100 Å². The van der Waals surface area contributed by atoms with E-state index in [1.807, 2.05) is 0 Å². The zero-order valence-corrected chi connectivity index (χ0v) is 10.1. The molecule has 0 aromatic rings. The van der Waals surface area contributed by atoms with E-state index in [0.29, 0.717) is 0 Å². The zero-order valence-electron chi connectivity index (χ0n) is 10.1. The van der Waals surface area contributed by atoms with Crippen LogP contribution in [-0.2, 0) is 19.0 Å². The molecule has 4 atom stereocenters. The van der Waals surface area contributed by atoms with Crippen molar-refractivity contribution in [2.75, 3.05) is 6.61 Å². The van der Waals surface area contributed by atoms with Crippen molar-refractivity contribution in [2.24, 2.45) is 11.8 Å². The first-order valence-corrected chi connectivity index (χ1v) is 6.06. The van der Waals surface area contributed by atoms with Crippen LogP contribution in [0.15, 0.2) is 0 Å². The minimum absolute atomic E-state index is 0.00837. The lowest BCUT2D eigenvalue weighted by Crippen LogP contribution is -2.32. The summed E-state index contributed by atoms with van der Waals surface area (Å²) in [6.45, 7) is 3.72. The van der Waals surface area contributed by atoms with E-state index < -0.39 is 6.16 Å². The van der Waals surface area contributed by atoms with Gasteiger partial charge < -0.3 is 19.0 Å². The fourth-order valence-electron chi connectivity index (χ4n) is 2.61. The minimum atomic E-state index is -0.674. The number of hydrogen-bond donors (Lipinski definition) is 0. The number of hydrogen-bond acceptors (Lipinski definition) is 5. The lowest BCUT2D eigenvalue weighted by atomic mass is 9.81. The second-order valence-corrected chi connectivity index (χ2v) is 4.90. The van der Waals surface area contributed by atoms with Crippen molar-refractivity contribution in [3.63, 3.8) is 0 Å². The highest BCUT2D eigenvalue weighted by atomic mass is 16.7. The topological polar surface area (TPSA) is 61.8 Å². The van der Waals surface area contributed by atoms with Crippen LogP contribution in [0.3, 0.4) is 0 Å². The first kappa shape index (κ1) is 12.4. The molecule has 2 heterocycles. The molecular weight excluding hydrogens is 224 g/mol. The third kappa shape index (κ3) is 2.60. The van der Waals surface area contributed by atoms with E-state index >= 15 is 0 Å². The van der Waals surface area contributed by atoms with Crippen molar-refractivity contribution in [1.82, 2.24) is 0 Å². The van der Waals surface area contributed by atoms with Crippen LogP contribution in [-0.4, -0.2) is 37.4 Å². The third-order valence-electron chi connectivity index (χ3n) is 3.37. The fourth-order valence-corrected chi connectivity index (χ4v) is 2.61. The number of carbonyl (C=O) groups excluding carboxylic acids is 2. The Morgan fingerprint density at radius 3 is 2.76 bits per heavy atom. The minimum Gasteiger partial charge on any atom is -0.434 e. The molecule has 2 saturated heterocycles. The molecule has 5 nitrogen and oxygen atoms in total. The molecule has 2 aliphatic heterocycles. The van der Waals surface area contributed by atoms with Crippen LogP contribution in [0.2, 0.25) is 0 Å². The second kappa shape index (κ2) is 5.04. The summed E-state index contributed by atoms with van der Waals surface area (Å²) < 4.78 is 15.5. The van der Waals surface area contributed by atoms with Gasteiger partial charge in [0.2, 0.25) is 0 Å². The largest absolute Gasteiger partial charge is 0.508 e. The molecule has 5 heteroatoms. The SMILES string of the molecule is CC(C)OC(=O)OC[C@H]1[C@H](C=O)[C@H]2CC[C@@H]1O2. The molecule has 0 aromatic carbocycles. The van der Waals surface area contributed by atoms with Crippen LogP contribution in [0.1, 0.15) is 26.7 Å². The van der Waals surface area contributed by atoms with Crippen LogP contribution in [0.5, 0.6) is 0 Å². The van der Waals surface area contributed by atoms with E-state index in [4.69, 9.17) is 14.2 Å². The molecule has 0 aliphatic carbocycles. The predicted molar refractivity (Wildman–Crippen MR) is 58.5 cm³/mol. The summed E-state index contributed by atoms with van der Waals surface area (Å²) in [6, 6.07) is 0. The highest BCUT2D eigenvalue weighted by Gasteiger charge is 2.49. The Morgan fingerprint density at radius 1 is 1.41 bits per heavy atom. The Bertz CT molecular complexity index is 301. The zero-order chi connectivity index (χ0) is 12.4. The highest BCUT2D eigenvalue weighted by Crippen LogP contribution is 2.42. The molecule has 2 rings (SSSR count). The van der Waals surface area contributed by atoms with E-state index in [-0.39, 0.29) is 36.8 Å². The van der Waals surface area contributed by atoms with E-state index in [1.54, 1.807) is 13.8 Å². The van der Waals surface area contributed by atoms with Gasteiger partial charge in [0.15, 0.2) is 0 Å². The number of ether oxygens (including phenoxy) is 3. The van der Waals surface area contributed by atoms with Crippen LogP contribution in [0.4, 0.5) is 4.79 Å². The summed E-state index contributed by atoms with van der Waals surface area (Å²) >= 11 is 0. The van der Waals surface area contributed by atoms with Gasteiger partial charge in [0.25, 0.3) is 0 Å². The van der Waals surface area contributed by atoms with Gasteiger partial charge in [-0.3, -0.25) is 0 Å². The van der Waals surface area contributed by atoms with Gasteiger partial charge in [-0.2, -0.15) is 0 Å². The Kier molecular flexibility index (Phi) is 3.66. The van der Waals surface area contributed by atoms with Crippen LogP contribution >= 0.6 is 0 Å². The van der Waals surface area contributed by atoms with Gasteiger partial charge >= 0.3 is 6.16 Å². The average Bonchev–Trinajstić information content (AvgIpc) is 2.84. The summed E-state index contributed by atoms with van der Waals surface area (Å²) in [5.41, 5.74) is 0. The molecular formula is C12H18O5. The summed E-state index contributed by atoms with van der Waals surface area (Å²) in [5.74, 6) is -0.147. The van der Waals surface area contributed by atoms with Crippen molar-refractivity contribution >= 4 is 12.4 Å². The maximum absolute atomic E-state index is 11.2. The fraction of sp³-hybridized carbons (Fsp3) is 0.833. The number of rotatable bonds is 4. The first-order chi connectivity index (χ1) is 8.11. The molecule has 2 fully saturated rings. The maximum atomic E-state index is 11.2. The molecule has 0 unspecified atom stereocenters. The standard InChI is InChI=1S/C12H18O5/c1-7(2)16-12(14)15-6-9-8(5-13)10-3-4-11(9)17-10/h5,7-11H,3-4,6H2,1-2H3/t8-,9-,10+,11-/m0/s1. The molecule has 0 spiro atoms. The van der Waals surface area contributed by atoms with Gasteiger partial charge in [0, 0.05) is 11.8 Å². The van der Waals surface area contributed by atoms with E-state index in [0.717, 1.165) is 19.1 Å². The Hall–Kier alpha value is -1.10. The van der Waals surface area contributed by atoms with E-state index in [1.165, 1.54) is 0 Å². The molecule has 0 saturated carbocycles. The van der Waals surface area contributed by atoms with Crippen LogP contribution < -0.4 is 0 Å². The summed E-state index contributed by atoms with van der Waals surface area (Å²) in [6.07, 6.45) is 2.01. The summed E-state index contributed by atoms with van der Waals surface area (Å²) in [5, 5.41) is 0. The second-order valence-electron chi connectivity index (χ2n) is 4.90. The lowest BCUT2D eigenvalue weighted by molar-refractivity contribution is -0.114. The van der Waals surface area contributed by atoms with Crippen molar-refractivity contribution in [1.29, 1.82) is 0 Å². The Balaban J connectivity index is 1.82. The average molecular weight is 242 g/mol. The van der Waals surface area contributed by atoms with Crippen molar-refractivity contribution in [2.45, 2.75) is 45.0 Å². The number of aldehydes is 1. The molecule has 2 aliphatic rings. The van der Waals surface area contributed by atoms with Crippen molar-refractivity contribution in [3.05, 3.63) is 0 Å². The van der Waals surface area contributed by atoms with Crippen LogP contribution in [0.25, 0.3) is 0 Å². The van der Waals surface area contributed by atoms with Gasteiger partial charge in [-0.15, -0.1) is 0 Å². The summed E-state index contributed by atoms with van der Waals surface area (Å²) in [7, 11) is 0. The Morgan fingerprint density at radius 2 is 2.12 bits per heavy atom. The van der Waals surface area contributed by atoms with Crippen LogP contribution in [0, 0.1) is 11.8 Å².